The van der Waals surface area contributed by atoms with E-state index in [-0.39, 0.29) is 5.82 Å². The van der Waals surface area contributed by atoms with Crippen LogP contribution in [0.5, 0.6) is 0 Å². The number of primary amides is 1. The van der Waals surface area contributed by atoms with Gasteiger partial charge in [0, 0.05) is 11.3 Å². The van der Waals surface area contributed by atoms with Gasteiger partial charge < -0.3 is 5.73 Å². The minimum atomic E-state index is -0.971. The van der Waals surface area contributed by atoms with Crippen molar-refractivity contribution < 1.29 is 14.4 Å². The third kappa shape index (κ3) is 4.70. The van der Waals surface area contributed by atoms with Crippen molar-refractivity contribution in [1.29, 1.82) is 0 Å². The van der Waals surface area contributed by atoms with Crippen LogP contribution in [0.3, 0.4) is 0 Å². The maximum Gasteiger partial charge on any atom is 0.339 e. The van der Waals surface area contributed by atoms with Crippen molar-refractivity contribution >= 4 is 29.0 Å². The van der Waals surface area contributed by atoms with Gasteiger partial charge in [0.2, 0.25) is 0 Å². The maximum atomic E-state index is 12.9. The molecule has 0 bridgehead atoms. The number of halogens is 2. The van der Waals surface area contributed by atoms with E-state index >= 15 is 0 Å². The maximum absolute atomic E-state index is 12.9. The van der Waals surface area contributed by atoms with Crippen LogP contribution in [0.4, 0.5) is 9.18 Å². The molecule has 4 nitrogen and oxygen atoms in total. The fourth-order valence-corrected chi connectivity index (χ4v) is 3.12. The summed E-state index contributed by atoms with van der Waals surface area (Å²) >= 11 is 7.55. The van der Waals surface area contributed by atoms with E-state index in [0.29, 0.717) is 21.4 Å². The molecule has 0 radical (unpaired) electrons. The van der Waals surface area contributed by atoms with Gasteiger partial charge in [-0.2, -0.15) is 5.06 Å². The van der Waals surface area contributed by atoms with Crippen LogP contribution < -0.4 is 5.73 Å². The molecule has 0 fully saturated rings. The summed E-state index contributed by atoms with van der Waals surface area (Å²) in [4.78, 5) is 12.4. The highest BCUT2D eigenvalue weighted by Gasteiger charge is 2.12. The predicted molar refractivity (Wildman–Crippen MR) is 88.1 cm³/mol. The highest BCUT2D eigenvalue weighted by atomic mass is 35.5. The largest absolute Gasteiger partial charge is 0.350 e. The van der Waals surface area contributed by atoms with Gasteiger partial charge in [-0.15, -0.1) is 11.3 Å². The molecule has 0 aliphatic heterocycles. The van der Waals surface area contributed by atoms with Crippen molar-refractivity contribution in [3.8, 4) is 11.8 Å². The normalized spacial score (nSPS) is 11.5. The first-order valence-corrected chi connectivity index (χ1v) is 7.88. The van der Waals surface area contributed by atoms with Crippen LogP contribution >= 0.6 is 22.9 Å². The summed E-state index contributed by atoms with van der Waals surface area (Å²) in [5, 5.41) is 10.2. The first-order chi connectivity index (χ1) is 10.9. The number of thiophene rings is 1. The van der Waals surface area contributed by atoms with Crippen molar-refractivity contribution in [2.24, 2.45) is 5.73 Å². The third-order valence-corrected chi connectivity index (χ3v) is 4.48. The molecule has 3 N–H and O–H groups in total. The van der Waals surface area contributed by atoms with Crippen molar-refractivity contribution in [3.05, 3.63) is 56.5 Å². The van der Waals surface area contributed by atoms with Gasteiger partial charge in [-0.1, -0.05) is 35.6 Å². The topological polar surface area (TPSA) is 66.6 Å². The molecular formula is C16H14ClFN2O2S. The van der Waals surface area contributed by atoms with E-state index in [9.17, 15) is 14.4 Å². The highest BCUT2D eigenvalue weighted by molar-refractivity contribution is 7.13. The van der Waals surface area contributed by atoms with Crippen molar-refractivity contribution in [3.63, 3.8) is 0 Å². The summed E-state index contributed by atoms with van der Waals surface area (Å²) in [6.45, 7) is 1.54. The van der Waals surface area contributed by atoms with Crippen molar-refractivity contribution in [1.82, 2.24) is 5.06 Å². The lowest BCUT2D eigenvalue weighted by molar-refractivity contribution is -0.0536. The molecule has 1 aromatic carbocycles. The molecule has 1 unspecified atom stereocenters. The number of nitrogens with two attached hydrogens (primary N) is 1. The monoisotopic (exact) mass is 352 g/mol. The Labute approximate surface area is 142 Å². The van der Waals surface area contributed by atoms with Crippen LogP contribution in [-0.2, 0) is 6.42 Å². The molecule has 1 heterocycles. The molecule has 0 saturated carbocycles. The Bertz CT molecular complexity index is 765. The third-order valence-electron chi connectivity index (χ3n) is 3.02. The van der Waals surface area contributed by atoms with Gasteiger partial charge in [0.25, 0.3) is 0 Å². The Morgan fingerprint density at radius 3 is 2.74 bits per heavy atom. The SMILES string of the molecule is CC(C#Cc1sc(Cc2ccc(F)cc2)cc1Cl)N(O)C(N)=O. The summed E-state index contributed by atoms with van der Waals surface area (Å²) < 4.78 is 12.9. The van der Waals surface area contributed by atoms with E-state index in [2.05, 4.69) is 11.8 Å². The van der Waals surface area contributed by atoms with Crippen molar-refractivity contribution in [2.45, 2.75) is 19.4 Å². The van der Waals surface area contributed by atoms with E-state index in [4.69, 9.17) is 17.3 Å². The summed E-state index contributed by atoms with van der Waals surface area (Å²) in [7, 11) is 0. The number of nitrogens with zero attached hydrogens (tertiary/aromatic N) is 1. The van der Waals surface area contributed by atoms with E-state index in [1.54, 1.807) is 25.1 Å². The molecule has 0 spiro atoms. The fraction of sp³-hybridized carbons (Fsp3) is 0.188. The molecule has 2 aromatic rings. The fourth-order valence-electron chi connectivity index (χ4n) is 1.81. The summed E-state index contributed by atoms with van der Waals surface area (Å²) in [5.74, 6) is 5.26. The lowest BCUT2D eigenvalue weighted by Crippen LogP contribution is -2.38. The second kappa shape index (κ2) is 7.47. The number of hydrogen-bond donors (Lipinski definition) is 2. The van der Waals surface area contributed by atoms with Gasteiger partial charge in [-0.05, 0) is 30.7 Å². The molecule has 0 aliphatic carbocycles. The molecule has 0 aliphatic rings. The minimum Gasteiger partial charge on any atom is -0.350 e. The number of rotatable bonds is 3. The molecule has 1 atom stereocenters. The molecule has 23 heavy (non-hydrogen) atoms. The zero-order valence-corrected chi connectivity index (χ0v) is 13.8. The summed E-state index contributed by atoms with van der Waals surface area (Å²) in [5.41, 5.74) is 5.92. The first kappa shape index (κ1) is 17.3. The quantitative estimate of drug-likeness (QED) is 0.503. The number of hydroxylamine groups is 2. The van der Waals surface area contributed by atoms with E-state index < -0.39 is 12.1 Å². The Kier molecular flexibility index (Phi) is 5.61. The molecule has 1 aromatic heterocycles. The Morgan fingerprint density at radius 2 is 2.13 bits per heavy atom. The number of amides is 2. The minimum absolute atomic E-state index is 0.276. The zero-order chi connectivity index (χ0) is 17.0. The van der Waals surface area contributed by atoms with E-state index in [1.165, 1.54) is 23.5 Å². The lowest BCUT2D eigenvalue weighted by Gasteiger charge is -2.14. The van der Waals surface area contributed by atoms with Crippen LogP contribution in [0.2, 0.25) is 5.02 Å². The molecule has 2 amide bonds. The molecule has 0 saturated heterocycles. The standard InChI is InChI=1S/C16H14ClFN2O2S/c1-10(20(22)16(19)21)2-7-15-14(17)9-13(23-15)8-11-3-5-12(18)6-4-11/h3-6,9-10,22H,8H2,1H3,(H2,19,21). The van der Waals surface area contributed by atoms with Gasteiger partial charge in [-0.3, -0.25) is 5.21 Å². The molecule has 120 valence electrons. The van der Waals surface area contributed by atoms with Gasteiger partial charge in [0.05, 0.1) is 9.90 Å². The number of hydrogen-bond acceptors (Lipinski definition) is 3. The highest BCUT2D eigenvalue weighted by Crippen LogP contribution is 2.28. The number of urea groups is 1. The van der Waals surface area contributed by atoms with E-state index in [0.717, 1.165) is 10.4 Å². The van der Waals surface area contributed by atoms with Crippen molar-refractivity contribution in [2.75, 3.05) is 0 Å². The first-order valence-electron chi connectivity index (χ1n) is 6.68. The number of carbonyl (C=O) groups is 1. The average Bonchev–Trinajstić information content (AvgIpc) is 2.86. The molecule has 7 heteroatoms. The van der Waals surface area contributed by atoms with E-state index in [1.807, 2.05) is 0 Å². The Hall–Kier alpha value is -2.07. The van der Waals surface area contributed by atoms with Crippen LogP contribution in [0.25, 0.3) is 0 Å². The van der Waals surface area contributed by atoms with Crippen LogP contribution in [0, 0.1) is 17.7 Å². The smallest absolute Gasteiger partial charge is 0.339 e. The number of benzene rings is 1. The molecule has 2 rings (SSSR count). The summed E-state index contributed by atoms with van der Waals surface area (Å²) in [6, 6.07) is 6.33. The molecular weight excluding hydrogens is 339 g/mol. The Morgan fingerprint density at radius 1 is 1.48 bits per heavy atom. The van der Waals surface area contributed by atoms with Gasteiger partial charge in [0.1, 0.15) is 11.9 Å². The summed E-state index contributed by atoms with van der Waals surface area (Å²) in [6.07, 6.45) is 0.620. The second-order valence-corrected chi connectivity index (χ2v) is 6.37. The zero-order valence-electron chi connectivity index (χ0n) is 12.2. The van der Waals surface area contributed by atoms with Gasteiger partial charge in [-0.25, -0.2) is 9.18 Å². The predicted octanol–water partition coefficient (Wildman–Crippen LogP) is 3.64. The number of carbonyl (C=O) groups excluding carboxylic acids is 1. The van der Waals surface area contributed by atoms with Crippen LogP contribution in [-0.4, -0.2) is 22.3 Å². The Balaban J connectivity index is 2.12. The lowest BCUT2D eigenvalue weighted by atomic mass is 10.1. The van der Waals surface area contributed by atoms with Crippen LogP contribution in [0.1, 0.15) is 22.2 Å². The second-order valence-electron chi connectivity index (χ2n) is 4.82. The van der Waals surface area contributed by atoms with Crippen LogP contribution in [0.15, 0.2) is 30.3 Å². The van der Waals surface area contributed by atoms with Gasteiger partial charge >= 0.3 is 6.03 Å². The average molecular weight is 353 g/mol. The van der Waals surface area contributed by atoms with Gasteiger partial charge in [0.15, 0.2) is 0 Å².